The molecule has 3 heterocycles. The van der Waals surface area contributed by atoms with E-state index in [9.17, 15) is 0 Å². The first-order chi connectivity index (χ1) is 28.8. The maximum atomic E-state index is 6.64. The summed E-state index contributed by atoms with van der Waals surface area (Å²) in [4.78, 5) is 2.42. The van der Waals surface area contributed by atoms with Crippen molar-refractivity contribution in [3.05, 3.63) is 206 Å². The second-order valence-electron chi connectivity index (χ2n) is 14.9. The third-order valence-electron chi connectivity index (χ3n) is 11.6. The van der Waals surface area contributed by atoms with E-state index in [1.54, 1.807) is 0 Å². The third-order valence-corrected chi connectivity index (χ3v) is 11.6. The number of fused-ring (bicyclic) bond motifs is 10. The highest BCUT2D eigenvalue weighted by atomic mass is 16.4. The van der Waals surface area contributed by atoms with Gasteiger partial charge in [0, 0.05) is 49.4 Å². The minimum absolute atomic E-state index is 0.766. The van der Waals surface area contributed by atoms with Gasteiger partial charge in [0.1, 0.15) is 11.2 Å². The van der Waals surface area contributed by atoms with Crippen molar-refractivity contribution in [3.63, 3.8) is 0 Å². The molecule has 3 aromatic heterocycles. The van der Waals surface area contributed by atoms with Crippen LogP contribution in [0.1, 0.15) is 0 Å². The molecular weight excluding hydrogens is 709 g/mol. The van der Waals surface area contributed by atoms with Gasteiger partial charge in [0.05, 0.1) is 16.7 Å². The maximum Gasteiger partial charge on any atom is 0.179 e. The molecule has 4 heteroatoms. The first kappa shape index (κ1) is 32.4. The van der Waals surface area contributed by atoms with Gasteiger partial charge in [-0.15, -0.1) is 0 Å². The van der Waals surface area contributed by atoms with Crippen molar-refractivity contribution in [1.29, 1.82) is 0 Å². The monoisotopic (exact) mass is 742 g/mol. The van der Waals surface area contributed by atoms with Crippen LogP contribution >= 0.6 is 0 Å². The van der Waals surface area contributed by atoms with Crippen LogP contribution in [0.4, 0.5) is 17.1 Å². The highest BCUT2D eigenvalue weighted by Gasteiger charge is 2.24. The van der Waals surface area contributed by atoms with Crippen molar-refractivity contribution in [2.45, 2.75) is 0 Å². The molecule has 58 heavy (non-hydrogen) atoms. The van der Waals surface area contributed by atoms with Gasteiger partial charge in [-0.05, 0) is 95.1 Å². The Morgan fingerprint density at radius 1 is 0.362 bits per heavy atom. The molecule has 272 valence electrons. The second-order valence-corrected chi connectivity index (χ2v) is 14.9. The fraction of sp³-hybridized carbons (Fsp3) is 0. The molecule has 12 rings (SSSR count). The molecule has 4 nitrogen and oxygen atoms in total. The highest BCUT2D eigenvalue weighted by Crippen LogP contribution is 2.47. The summed E-state index contributed by atoms with van der Waals surface area (Å²) < 4.78 is 15.5. The molecule has 0 aliphatic carbocycles. The Labute approximate surface area is 334 Å². The molecular formula is C54H34N2O2. The van der Waals surface area contributed by atoms with E-state index in [-0.39, 0.29) is 0 Å². The van der Waals surface area contributed by atoms with Crippen LogP contribution in [0, 0.1) is 0 Å². The van der Waals surface area contributed by atoms with Gasteiger partial charge in [-0.1, -0.05) is 133 Å². The quantitative estimate of drug-likeness (QED) is 0.170. The van der Waals surface area contributed by atoms with Crippen molar-refractivity contribution in [1.82, 2.24) is 4.57 Å². The average molecular weight is 743 g/mol. The summed E-state index contributed by atoms with van der Waals surface area (Å²) in [6.07, 6.45) is 0. The van der Waals surface area contributed by atoms with Crippen molar-refractivity contribution in [3.8, 4) is 27.9 Å². The summed E-state index contributed by atoms with van der Waals surface area (Å²) in [5.41, 5.74) is 14.4. The number of aromatic nitrogens is 1. The fourth-order valence-electron chi connectivity index (χ4n) is 9.01. The summed E-state index contributed by atoms with van der Waals surface area (Å²) in [5, 5.41) is 6.60. The molecule has 0 bridgehead atoms. The first-order valence-electron chi connectivity index (χ1n) is 19.7. The molecule has 0 saturated heterocycles. The smallest absolute Gasteiger partial charge is 0.179 e. The first-order valence-corrected chi connectivity index (χ1v) is 19.7. The van der Waals surface area contributed by atoms with Gasteiger partial charge >= 0.3 is 0 Å². The molecule has 0 radical (unpaired) electrons. The zero-order valence-electron chi connectivity index (χ0n) is 31.3. The van der Waals surface area contributed by atoms with Gasteiger partial charge < -0.3 is 18.3 Å². The highest BCUT2D eigenvalue weighted by molar-refractivity contribution is 6.24. The predicted octanol–water partition coefficient (Wildman–Crippen LogP) is 15.4. The van der Waals surface area contributed by atoms with Gasteiger partial charge in [0.2, 0.25) is 0 Å². The van der Waals surface area contributed by atoms with Crippen molar-refractivity contribution in [2.24, 2.45) is 0 Å². The standard InChI is InChI=1S/C54H34N2O2/c1-3-15-35(16-4-1)36-29-31-39(32-30-36)55(47-25-14-26-48-52(47)42-22-7-10-24-46(42)56(48)38-18-5-2-6-19-38)40-20-13-17-37(33-40)44-34-45-41-21-8-11-27-49(41)57-53(45)54-51(44)43-23-9-12-28-50(43)58-54/h1-34H. The lowest BCUT2D eigenvalue weighted by Crippen LogP contribution is -2.10. The summed E-state index contributed by atoms with van der Waals surface area (Å²) in [5.74, 6) is 0. The molecule has 0 N–H and O–H groups in total. The Morgan fingerprint density at radius 2 is 0.966 bits per heavy atom. The Balaban J connectivity index is 1.13. The van der Waals surface area contributed by atoms with E-state index in [0.717, 1.165) is 83.3 Å². The third kappa shape index (κ3) is 4.95. The van der Waals surface area contributed by atoms with Crippen LogP contribution in [-0.2, 0) is 0 Å². The number of anilines is 3. The minimum atomic E-state index is 0.766. The topological polar surface area (TPSA) is 34.5 Å². The molecule has 0 atom stereocenters. The van der Waals surface area contributed by atoms with Crippen molar-refractivity contribution in [2.75, 3.05) is 4.90 Å². The average Bonchev–Trinajstić information content (AvgIpc) is 3.98. The summed E-state index contributed by atoms with van der Waals surface area (Å²) in [7, 11) is 0. The number of para-hydroxylation sites is 4. The van der Waals surface area contributed by atoms with Gasteiger partial charge in [-0.25, -0.2) is 0 Å². The lowest BCUT2D eigenvalue weighted by molar-refractivity contribution is 0.633. The normalized spacial score (nSPS) is 11.8. The summed E-state index contributed by atoms with van der Waals surface area (Å²) >= 11 is 0. The lowest BCUT2D eigenvalue weighted by atomic mass is 9.96. The van der Waals surface area contributed by atoms with E-state index >= 15 is 0 Å². The fourth-order valence-corrected chi connectivity index (χ4v) is 9.01. The van der Waals surface area contributed by atoms with Gasteiger partial charge in [-0.2, -0.15) is 0 Å². The van der Waals surface area contributed by atoms with E-state index in [1.165, 1.54) is 27.4 Å². The number of benzene rings is 9. The van der Waals surface area contributed by atoms with Crippen LogP contribution in [-0.4, -0.2) is 4.57 Å². The van der Waals surface area contributed by atoms with Gasteiger partial charge in [-0.3, -0.25) is 0 Å². The van der Waals surface area contributed by atoms with Gasteiger partial charge in [0.15, 0.2) is 11.2 Å². The van der Waals surface area contributed by atoms with Crippen LogP contribution in [0.15, 0.2) is 215 Å². The van der Waals surface area contributed by atoms with E-state index in [4.69, 9.17) is 8.83 Å². The zero-order valence-corrected chi connectivity index (χ0v) is 31.3. The lowest BCUT2D eigenvalue weighted by Gasteiger charge is -2.27. The maximum absolute atomic E-state index is 6.64. The molecule has 12 aromatic rings. The van der Waals surface area contributed by atoms with E-state index < -0.39 is 0 Å². The van der Waals surface area contributed by atoms with Crippen LogP contribution in [0.25, 0.3) is 93.6 Å². The van der Waals surface area contributed by atoms with Crippen LogP contribution in [0.5, 0.6) is 0 Å². The number of rotatable bonds is 6. The molecule has 0 aliphatic heterocycles. The van der Waals surface area contributed by atoms with E-state index in [2.05, 4.69) is 191 Å². The summed E-state index contributed by atoms with van der Waals surface area (Å²) in [6.45, 7) is 0. The number of furan rings is 2. The molecule has 0 fully saturated rings. The largest absolute Gasteiger partial charge is 0.452 e. The Kier molecular flexibility index (Phi) is 7.20. The van der Waals surface area contributed by atoms with Crippen molar-refractivity contribution < 1.29 is 8.83 Å². The molecule has 0 aliphatic rings. The Bertz CT molecular complexity index is 3500. The number of hydrogen-bond acceptors (Lipinski definition) is 3. The molecule has 0 unspecified atom stereocenters. The van der Waals surface area contributed by atoms with Crippen LogP contribution in [0.3, 0.4) is 0 Å². The van der Waals surface area contributed by atoms with E-state index in [1.807, 2.05) is 24.3 Å². The summed E-state index contributed by atoms with van der Waals surface area (Å²) in [6, 6.07) is 73.4. The van der Waals surface area contributed by atoms with E-state index in [0.29, 0.717) is 0 Å². The number of nitrogens with zero attached hydrogens (tertiary/aromatic N) is 2. The molecule has 0 amide bonds. The zero-order chi connectivity index (χ0) is 38.2. The predicted molar refractivity (Wildman–Crippen MR) is 241 cm³/mol. The Morgan fingerprint density at radius 3 is 1.78 bits per heavy atom. The molecule has 9 aromatic carbocycles. The second kappa shape index (κ2) is 12.9. The van der Waals surface area contributed by atoms with Crippen LogP contribution in [0.2, 0.25) is 0 Å². The minimum Gasteiger partial charge on any atom is -0.452 e. The molecule has 0 spiro atoms. The molecule has 0 saturated carbocycles. The number of hydrogen-bond donors (Lipinski definition) is 0. The van der Waals surface area contributed by atoms with Crippen LogP contribution < -0.4 is 4.90 Å². The Hall–Kier alpha value is -7.82. The van der Waals surface area contributed by atoms with Gasteiger partial charge in [0.25, 0.3) is 0 Å². The SMILES string of the molecule is c1ccc(-c2ccc(N(c3cccc(-c4cc5c6ccccc6oc5c5oc6ccccc6c45)c3)c3cccc4c3c3ccccc3n4-c3ccccc3)cc2)cc1. The van der Waals surface area contributed by atoms with Crippen molar-refractivity contribution >= 4 is 82.7 Å².